The first kappa shape index (κ1) is 19.7. The maximum absolute atomic E-state index is 9.83. The van der Waals surface area contributed by atoms with E-state index in [9.17, 15) is 5.11 Å². The average Bonchev–Trinajstić information content (AvgIpc) is 3.24. The Balaban J connectivity index is 1.49. The Morgan fingerprint density at radius 3 is 2.59 bits per heavy atom. The predicted molar refractivity (Wildman–Crippen MR) is 117 cm³/mol. The van der Waals surface area contributed by atoms with Gasteiger partial charge in [0.15, 0.2) is 11.5 Å². The van der Waals surface area contributed by atoms with E-state index in [2.05, 4.69) is 37.9 Å². The number of aromatic hydroxyl groups is 1. The fraction of sp³-hybridized carbons (Fsp3) is 0.455. The number of hydrogen-bond acceptors (Lipinski definition) is 6. The molecule has 7 nitrogen and oxygen atoms in total. The zero-order valence-electron chi connectivity index (χ0n) is 17.3. The van der Waals surface area contributed by atoms with Gasteiger partial charge < -0.3 is 14.9 Å². The van der Waals surface area contributed by atoms with Crippen molar-refractivity contribution in [1.29, 1.82) is 0 Å². The summed E-state index contributed by atoms with van der Waals surface area (Å²) in [6.45, 7) is 12.9. The van der Waals surface area contributed by atoms with Gasteiger partial charge in [0.05, 0.1) is 11.9 Å². The molecule has 1 saturated heterocycles. The van der Waals surface area contributed by atoms with Crippen LogP contribution in [0.25, 0.3) is 16.9 Å². The number of phenolic OH excluding ortho intramolecular Hbond substituents is 1. The molecule has 4 rings (SSSR count). The lowest BCUT2D eigenvalue weighted by Crippen LogP contribution is -2.48. The molecule has 2 aromatic heterocycles. The molecule has 29 heavy (non-hydrogen) atoms. The van der Waals surface area contributed by atoms with Crippen LogP contribution in [0.15, 0.2) is 42.9 Å². The van der Waals surface area contributed by atoms with Crippen LogP contribution < -0.4 is 4.90 Å². The lowest BCUT2D eigenvalue weighted by molar-refractivity contribution is 0.206. The molecule has 0 bridgehead atoms. The van der Waals surface area contributed by atoms with Crippen LogP contribution in [0, 0.1) is 0 Å². The number of imidazole rings is 1. The number of aromatic nitrogens is 3. The van der Waals surface area contributed by atoms with E-state index in [0.717, 1.165) is 75.1 Å². The first-order chi connectivity index (χ1) is 14.2. The molecule has 1 aliphatic heterocycles. The third-order valence-corrected chi connectivity index (χ3v) is 5.85. The van der Waals surface area contributed by atoms with Gasteiger partial charge in [-0.15, -0.1) is 0 Å². The monoisotopic (exact) mass is 394 g/mol. The molecule has 0 unspecified atom stereocenters. The number of rotatable bonds is 7. The normalized spacial score (nSPS) is 15.5. The number of fused-ring (bicyclic) bond motifs is 1. The summed E-state index contributed by atoms with van der Waals surface area (Å²) in [6.07, 6.45) is 5.65. The lowest BCUT2D eigenvalue weighted by atomic mass is 10.1. The average molecular weight is 395 g/mol. The van der Waals surface area contributed by atoms with Crippen LogP contribution in [0.1, 0.15) is 13.8 Å². The predicted octanol–water partition coefficient (Wildman–Crippen LogP) is 2.57. The fourth-order valence-electron chi connectivity index (χ4n) is 4.01. The molecule has 0 atom stereocenters. The maximum Gasteiger partial charge on any atom is 0.180 e. The highest BCUT2D eigenvalue weighted by molar-refractivity contribution is 5.71. The van der Waals surface area contributed by atoms with Gasteiger partial charge >= 0.3 is 0 Å². The molecule has 0 aliphatic carbocycles. The Morgan fingerprint density at radius 1 is 1.07 bits per heavy atom. The highest BCUT2D eigenvalue weighted by atomic mass is 16.3. The summed E-state index contributed by atoms with van der Waals surface area (Å²) in [5, 5.41) is 9.83. The van der Waals surface area contributed by atoms with Gasteiger partial charge in [-0.05, 0) is 25.2 Å². The molecule has 3 aromatic rings. The Morgan fingerprint density at radius 2 is 1.86 bits per heavy atom. The highest BCUT2D eigenvalue weighted by Gasteiger charge is 2.21. The summed E-state index contributed by atoms with van der Waals surface area (Å²) in [6, 6.07) is 7.25. The summed E-state index contributed by atoms with van der Waals surface area (Å²) in [5.41, 5.74) is 2.71. The summed E-state index contributed by atoms with van der Waals surface area (Å²) in [4.78, 5) is 16.7. The molecule has 1 N–H and O–H groups in total. The number of likely N-dealkylation sites (N-methyl/N-ethyl adjacent to an activating group) is 1. The second kappa shape index (κ2) is 8.80. The van der Waals surface area contributed by atoms with E-state index in [-0.39, 0.29) is 5.75 Å². The Kier molecular flexibility index (Phi) is 5.97. The highest BCUT2D eigenvalue weighted by Crippen LogP contribution is 2.27. The van der Waals surface area contributed by atoms with Crippen molar-refractivity contribution in [3.05, 3.63) is 42.9 Å². The second-order valence-corrected chi connectivity index (χ2v) is 7.49. The van der Waals surface area contributed by atoms with Crippen molar-refractivity contribution in [1.82, 2.24) is 24.2 Å². The minimum atomic E-state index is 0.251. The maximum atomic E-state index is 9.83. The van der Waals surface area contributed by atoms with E-state index in [1.165, 1.54) is 0 Å². The smallest absolute Gasteiger partial charge is 0.180 e. The minimum Gasteiger partial charge on any atom is -0.508 e. The van der Waals surface area contributed by atoms with Crippen LogP contribution >= 0.6 is 0 Å². The molecule has 1 aromatic carbocycles. The molecular weight excluding hydrogens is 364 g/mol. The van der Waals surface area contributed by atoms with Crippen molar-refractivity contribution in [2.75, 3.05) is 57.3 Å². The molecule has 0 amide bonds. The van der Waals surface area contributed by atoms with E-state index in [1.807, 2.05) is 30.7 Å². The van der Waals surface area contributed by atoms with Crippen molar-refractivity contribution in [2.45, 2.75) is 13.8 Å². The fourth-order valence-corrected chi connectivity index (χ4v) is 4.01. The van der Waals surface area contributed by atoms with Crippen molar-refractivity contribution >= 4 is 11.5 Å². The van der Waals surface area contributed by atoms with Crippen molar-refractivity contribution in [3.63, 3.8) is 0 Å². The number of benzene rings is 1. The number of nitrogens with zero attached hydrogens (tertiary/aromatic N) is 6. The molecule has 0 saturated carbocycles. The number of piperazine rings is 1. The first-order valence-electron chi connectivity index (χ1n) is 10.5. The lowest BCUT2D eigenvalue weighted by Gasteiger charge is -2.36. The Hall–Kier alpha value is -2.64. The number of hydrogen-bond donors (Lipinski definition) is 1. The summed E-state index contributed by atoms with van der Waals surface area (Å²) >= 11 is 0. The summed E-state index contributed by atoms with van der Waals surface area (Å²) in [5.74, 6) is 1.18. The largest absolute Gasteiger partial charge is 0.508 e. The van der Waals surface area contributed by atoms with Gasteiger partial charge in [-0.3, -0.25) is 9.30 Å². The molecule has 154 valence electrons. The van der Waals surface area contributed by atoms with Gasteiger partial charge in [-0.1, -0.05) is 26.0 Å². The molecule has 7 heteroatoms. The van der Waals surface area contributed by atoms with E-state index < -0.39 is 0 Å². The SMILES string of the molecule is CCN(CC)CCN1CCN(c2ncc(-c3cccc(O)c3)n3ccnc23)CC1. The van der Waals surface area contributed by atoms with Crippen LogP contribution in [0.5, 0.6) is 5.75 Å². The van der Waals surface area contributed by atoms with E-state index >= 15 is 0 Å². The van der Waals surface area contributed by atoms with E-state index in [0.29, 0.717) is 0 Å². The van der Waals surface area contributed by atoms with Gasteiger partial charge in [0.1, 0.15) is 5.75 Å². The van der Waals surface area contributed by atoms with E-state index in [1.54, 1.807) is 12.1 Å². The quantitative estimate of drug-likeness (QED) is 0.665. The van der Waals surface area contributed by atoms with Gasteiger partial charge in [0, 0.05) is 57.2 Å². The molecule has 1 fully saturated rings. The molecule has 1 aliphatic rings. The van der Waals surface area contributed by atoms with Gasteiger partial charge in [0.2, 0.25) is 0 Å². The minimum absolute atomic E-state index is 0.251. The first-order valence-corrected chi connectivity index (χ1v) is 10.5. The van der Waals surface area contributed by atoms with Crippen molar-refractivity contribution in [3.8, 4) is 17.0 Å². The third kappa shape index (κ3) is 4.21. The van der Waals surface area contributed by atoms with E-state index in [4.69, 9.17) is 4.98 Å². The second-order valence-electron chi connectivity index (χ2n) is 7.49. The van der Waals surface area contributed by atoms with Gasteiger partial charge in [-0.25, -0.2) is 9.97 Å². The van der Waals surface area contributed by atoms with Crippen molar-refractivity contribution in [2.24, 2.45) is 0 Å². The summed E-state index contributed by atoms with van der Waals surface area (Å²) in [7, 11) is 0. The van der Waals surface area contributed by atoms with Crippen LogP contribution in [-0.2, 0) is 0 Å². The zero-order valence-corrected chi connectivity index (χ0v) is 17.3. The van der Waals surface area contributed by atoms with Crippen molar-refractivity contribution < 1.29 is 5.11 Å². The molecule has 0 radical (unpaired) electrons. The molecule has 0 spiro atoms. The Labute approximate surface area is 172 Å². The number of phenols is 1. The standard InChI is InChI=1S/C22H30N6O/c1-3-25(4-2)10-11-26-12-14-27(15-13-26)21-22-23-8-9-28(22)20(17-24-21)18-6-5-7-19(29)16-18/h5-9,16-17,29H,3-4,10-15H2,1-2H3. The van der Waals surface area contributed by atoms with Crippen LogP contribution in [-0.4, -0.2) is 81.6 Å². The van der Waals surface area contributed by atoms with Gasteiger partial charge in [0.25, 0.3) is 0 Å². The Bertz CT molecular complexity index is 943. The van der Waals surface area contributed by atoms with Crippen LogP contribution in [0.3, 0.4) is 0 Å². The van der Waals surface area contributed by atoms with Crippen LogP contribution in [0.2, 0.25) is 0 Å². The third-order valence-electron chi connectivity index (χ3n) is 5.85. The number of anilines is 1. The van der Waals surface area contributed by atoms with Crippen LogP contribution in [0.4, 0.5) is 5.82 Å². The molecule has 3 heterocycles. The molecular formula is C22H30N6O. The summed E-state index contributed by atoms with van der Waals surface area (Å²) < 4.78 is 2.06. The topological polar surface area (TPSA) is 60.1 Å². The van der Waals surface area contributed by atoms with Gasteiger partial charge in [-0.2, -0.15) is 0 Å². The zero-order chi connectivity index (χ0) is 20.2.